The zero-order valence-electron chi connectivity index (χ0n) is 12.0. The van der Waals surface area contributed by atoms with Gasteiger partial charge in [0.05, 0.1) is 13.0 Å². The van der Waals surface area contributed by atoms with E-state index in [1.165, 1.54) is 0 Å². The van der Waals surface area contributed by atoms with Gasteiger partial charge in [0.15, 0.2) is 0 Å². The van der Waals surface area contributed by atoms with Gasteiger partial charge in [0, 0.05) is 12.6 Å². The number of nitrogens with one attached hydrogen (secondary N) is 1. The number of aryl methyl sites for hydroxylation is 1. The molecule has 3 N–H and O–H groups in total. The molecule has 0 bridgehead atoms. The van der Waals surface area contributed by atoms with Crippen LogP contribution >= 0.6 is 0 Å². The first kappa shape index (κ1) is 15.5. The molecule has 1 unspecified atom stereocenters. The van der Waals surface area contributed by atoms with Gasteiger partial charge in [-0.05, 0) is 30.5 Å². The second kappa shape index (κ2) is 7.79. The van der Waals surface area contributed by atoms with Crippen molar-refractivity contribution in [3.8, 4) is 5.75 Å². The summed E-state index contributed by atoms with van der Waals surface area (Å²) in [6.07, 6.45) is 0.344. The maximum atomic E-state index is 11.7. The van der Waals surface area contributed by atoms with Crippen LogP contribution in [0, 0.1) is 12.8 Å². The van der Waals surface area contributed by atoms with E-state index in [2.05, 4.69) is 5.32 Å². The Morgan fingerprint density at radius 3 is 2.74 bits per heavy atom. The van der Waals surface area contributed by atoms with Crippen molar-refractivity contribution in [1.82, 2.24) is 5.32 Å². The van der Waals surface area contributed by atoms with Gasteiger partial charge < -0.3 is 15.8 Å². The largest absolute Gasteiger partial charge is 0.493 e. The Balaban J connectivity index is 2.31. The fourth-order valence-electron chi connectivity index (χ4n) is 1.74. The lowest BCUT2D eigenvalue weighted by molar-refractivity contribution is -0.122. The first-order valence-electron chi connectivity index (χ1n) is 6.72. The van der Waals surface area contributed by atoms with Crippen LogP contribution in [0.4, 0.5) is 0 Å². The lowest BCUT2D eigenvalue weighted by Gasteiger charge is -2.20. The summed E-state index contributed by atoms with van der Waals surface area (Å²) in [6, 6.07) is 7.82. The molecule has 0 radical (unpaired) electrons. The Hall–Kier alpha value is -1.55. The number of carbonyl (C=O) groups is 1. The number of carbonyl (C=O) groups excluding carboxylic acids is 1. The number of hydrogen-bond donors (Lipinski definition) is 2. The topological polar surface area (TPSA) is 64.3 Å². The standard InChI is InChI=1S/C15H24N2O2/c1-11(2)14(10-16)17-15(18)7-8-19-13-6-4-5-12(3)9-13/h4-6,9,11,14H,7-8,10,16H2,1-3H3,(H,17,18). The number of benzene rings is 1. The van der Waals surface area contributed by atoms with E-state index in [0.29, 0.717) is 25.5 Å². The van der Waals surface area contributed by atoms with Crippen molar-refractivity contribution >= 4 is 5.91 Å². The Labute approximate surface area is 115 Å². The van der Waals surface area contributed by atoms with Crippen LogP contribution in [0.1, 0.15) is 25.8 Å². The molecule has 0 aliphatic rings. The Morgan fingerprint density at radius 2 is 2.16 bits per heavy atom. The summed E-state index contributed by atoms with van der Waals surface area (Å²) in [5.74, 6) is 1.12. The molecular formula is C15H24N2O2. The first-order valence-corrected chi connectivity index (χ1v) is 6.72. The van der Waals surface area contributed by atoms with E-state index in [1.54, 1.807) is 0 Å². The zero-order chi connectivity index (χ0) is 14.3. The van der Waals surface area contributed by atoms with Crippen molar-refractivity contribution in [3.63, 3.8) is 0 Å². The molecule has 0 saturated heterocycles. The van der Waals surface area contributed by atoms with Gasteiger partial charge >= 0.3 is 0 Å². The number of amides is 1. The Bertz CT molecular complexity index is 405. The summed E-state index contributed by atoms with van der Waals surface area (Å²) >= 11 is 0. The van der Waals surface area contributed by atoms with E-state index in [9.17, 15) is 4.79 Å². The smallest absolute Gasteiger partial charge is 0.223 e. The Morgan fingerprint density at radius 1 is 1.42 bits per heavy atom. The van der Waals surface area contributed by atoms with Gasteiger partial charge in [-0.3, -0.25) is 4.79 Å². The quantitative estimate of drug-likeness (QED) is 0.790. The van der Waals surface area contributed by atoms with Gasteiger partial charge in [-0.1, -0.05) is 26.0 Å². The van der Waals surface area contributed by atoms with Crippen molar-refractivity contribution in [1.29, 1.82) is 0 Å². The summed E-state index contributed by atoms with van der Waals surface area (Å²) in [4.78, 5) is 11.7. The molecule has 0 aliphatic carbocycles. The third-order valence-electron chi connectivity index (χ3n) is 2.99. The van der Waals surface area contributed by atoms with Crippen molar-refractivity contribution in [2.45, 2.75) is 33.2 Å². The molecule has 4 nitrogen and oxygen atoms in total. The molecule has 1 rings (SSSR count). The lowest BCUT2D eigenvalue weighted by atomic mass is 10.0. The monoisotopic (exact) mass is 264 g/mol. The highest BCUT2D eigenvalue weighted by molar-refractivity contribution is 5.76. The van der Waals surface area contributed by atoms with E-state index >= 15 is 0 Å². The van der Waals surface area contributed by atoms with Crippen LogP contribution in [0.15, 0.2) is 24.3 Å². The Kier molecular flexibility index (Phi) is 6.36. The summed E-state index contributed by atoms with van der Waals surface area (Å²) in [7, 11) is 0. The van der Waals surface area contributed by atoms with Gasteiger partial charge in [0.2, 0.25) is 5.91 Å². The van der Waals surface area contributed by atoms with E-state index < -0.39 is 0 Å². The van der Waals surface area contributed by atoms with Crippen LogP contribution < -0.4 is 15.8 Å². The first-order chi connectivity index (χ1) is 9.02. The molecule has 106 valence electrons. The molecule has 0 saturated carbocycles. The van der Waals surface area contributed by atoms with E-state index in [4.69, 9.17) is 10.5 Å². The van der Waals surface area contributed by atoms with Crippen LogP contribution in [-0.2, 0) is 4.79 Å². The van der Waals surface area contributed by atoms with E-state index in [0.717, 1.165) is 11.3 Å². The fraction of sp³-hybridized carbons (Fsp3) is 0.533. The molecule has 1 amide bonds. The number of hydrogen-bond acceptors (Lipinski definition) is 3. The van der Waals surface area contributed by atoms with Crippen molar-refractivity contribution in [2.24, 2.45) is 11.7 Å². The minimum Gasteiger partial charge on any atom is -0.493 e. The van der Waals surface area contributed by atoms with Crippen molar-refractivity contribution in [3.05, 3.63) is 29.8 Å². The van der Waals surface area contributed by atoms with Crippen molar-refractivity contribution < 1.29 is 9.53 Å². The highest BCUT2D eigenvalue weighted by atomic mass is 16.5. The molecule has 0 spiro atoms. The molecular weight excluding hydrogens is 240 g/mol. The second-order valence-corrected chi connectivity index (χ2v) is 5.07. The normalized spacial score (nSPS) is 12.3. The molecule has 1 atom stereocenters. The van der Waals surface area contributed by atoms with Crippen LogP contribution in [0.5, 0.6) is 5.75 Å². The summed E-state index contributed by atoms with van der Waals surface area (Å²) in [5, 5.41) is 2.92. The average Bonchev–Trinajstić information content (AvgIpc) is 2.35. The molecule has 0 heterocycles. The van der Waals surface area contributed by atoms with Crippen LogP contribution in [0.3, 0.4) is 0 Å². The van der Waals surface area contributed by atoms with Gasteiger partial charge in [-0.15, -0.1) is 0 Å². The predicted octanol–water partition coefficient (Wildman–Crippen LogP) is 1.86. The maximum Gasteiger partial charge on any atom is 0.223 e. The molecule has 19 heavy (non-hydrogen) atoms. The highest BCUT2D eigenvalue weighted by Gasteiger charge is 2.13. The number of ether oxygens (including phenoxy) is 1. The lowest BCUT2D eigenvalue weighted by Crippen LogP contribution is -2.44. The third kappa shape index (κ3) is 5.75. The van der Waals surface area contributed by atoms with E-state index in [1.807, 2.05) is 45.0 Å². The minimum absolute atomic E-state index is 0.0168. The van der Waals surface area contributed by atoms with Crippen LogP contribution in [0.2, 0.25) is 0 Å². The molecule has 0 aliphatic heterocycles. The number of rotatable bonds is 7. The van der Waals surface area contributed by atoms with Crippen molar-refractivity contribution in [2.75, 3.05) is 13.2 Å². The summed E-state index contributed by atoms with van der Waals surface area (Å²) in [6.45, 7) is 6.93. The van der Waals surface area contributed by atoms with Gasteiger partial charge in [-0.25, -0.2) is 0 Å². The average molecular weight is 264 g/mol. The van der Waals surface area contributed by atoms with E-state index in [-0.39, 0.29) is 11.9 Å². The predicted molar refractivity (Wildman–Crippen MR) is 77.1 cm³/mol. The summed E-state index contributed by atoms with van der Waals surface area (Å²) in [5.41, 5.74) is 6.76. The number of nitrogens with two attached hydrogens (primary N) is 1. The molecule has 1 aromatic carbocycles. The van der Waals surface area contributed by atoms with Gasteiger partial charge in [0.1, 0.15) is 5.75 Å². The molecule has 4 heteroatoms. The third-order valence-corrected chi connectivity index (χ3v) is 2.99. The molecule has 0 aromatic heterocycles. The zero-order valence-corrected chi connectivity index (χ0v) is 12.0. The minimum atomic E-state index is -0.0168. The highest BCUT2D eigenvalue weighted by Crippen LogP contribution is 2.12. The van der Waals surface area contributed by atoms with Gasteiger partial charge in [-0.2, -0.15) is 0 Å². The van der Waals surface area contributed by atoms with Gasteiger partial charge in [0.25, 0.3) is 0 Å². The second-order valence-electron chi connectivity index (χ2n) is 5.07. The molecule has 1 aromatic rings. The molecule has 0 fully saturated rings. The SMILES string of the molecule is Cc1cccc(OCCC(=O)NC(CN)C(C)C)c1. The van der Waals surface area contributed by atoms with Crippen LogP contribution in [-0.4, -0.2) is 25.1 Å². The maximum absolute atomic E-state index is 11.7. The summed E-state index contributed by atoms with van der Waals surface area (Å²) < 4.78 is 5.54. The fourth-order valence-corrected chi connectivity index (χ4v) is 1.74. The van der Waals surface area contributed by atoms with Crippen LogP contribution in [0.25, 0.3) is 0 Å².